The van der Waals surface area contributed by atoms with E-state index >= 15 is 0 Å². The smallest absolute Gasteiger partial charge is 0.306 e. The van der Waals surface area contributed by atoms with Gasteiger partial charge in [0.05, 0.1) is 0 Å². The van der Waals surface area contributed by atoms with E-state index in [1.54, 1.807) is 0 Å². The van der Waals surface area contributed by atoms with Gasteiger partial charge in [0.15, 0.2) is 6.10 Å². The van der Waals surface area contributed by atoms with Gasteiger partial charge in [0, 0.05) is 19.3 Å². The van der Waals surface area contributed by atoms with E-state index in [2.05, 4.69) is 154 Å². The van der Waals surface area contributed by atoms with Crippen LogP contribution in [0.2, 0.25) is 0 Å². The van der Waals surface area contributed by atoms with Gasteiger partial charge >= 0.3 is 17.9 Å². The fraction of sp³-hybridized carbons (Fsp3) is 0.658. The summed E-state index contributed by atoms with van der Waals surface area (Å²) in [5.74, 6) is -0.946. The summed E-state index contributed by atoms with van der Waals surface area (Å²) in [6.07, 6.45) is 93.2. The molecule has 448 valence electrons. The predicted molar refractivity (Wildman–Crippen MR) is 343 cm³/mol. The third-order valence-corrected chi connectivity index (χ3v) is 13.6. The van der Waals surface area contributed by atoms with Gasteiger partial charge in [-0.15, -0.1) is 0 Å². The number of ether oxygens (including phenoxy) is 3. The Hall–Kier alpha value is -4.45. The van der Waals surface area contributed by atoms with E-state index in [9.17, 15) is 14.4 Å². The van der Waals surface area contributed by atoms with Gasteiger partial charge in [0.25, 0.3) is 0 Å². The van der Waals surface area contributed by atoms with Gasteiger partial charge in [-0.2, -0.15) is 0 Å². The topological polar surface area (TPSA) is 78.9 Å². The molecule has 0 N–H and O–H groups in total. The molecule has 0 saturated carbocycles. The van der Waals surface area contributed by atoms with Crippen molar-refractivity contribution >= 4 is 17.9 Å². The maximum Gasteiger partial charge on any atom is 0.306 e. The van der Waals surface area contributed by atoms with E-state index in [-0.39, 0.29) is 31.1 Å². The van der Waals surface area contributed by atoms with Crippen molar-refractivity contribution in [3.8, 4) is 0 Å². The van der Waals surface area contributed by atoms with Gasteiger partial charge in [-0.05, 0) is 135 Å². The largest absolute Gasteiger partial charge is 0.462 e. The van der Waals surface area contributed by atoms with Crippen molar-refractivity contribution in [1.82, 2.24) is 0 Å². The molecular weight excluding hydrogens is 973 g/mol. The molecule has 6 nitrogen and oxygen atoms in total. The molecule has 0 saturated heterocycles. The molecule has 1 unspecified atom stereocenters. The second kappa shape index (κ2) is 66.1. The van der Waals surface area contributed by atoms with Gasteiger partial charge in [0.1, 0.15) is 13.2 Å². The lowest BCUT2D eigenvalue weighted by Gasteiger charge is -2.18. The van der Waals surface area contributed by atoms with Gasteiger partial charge in [-0.25, -0.2) is 0 Å². The van der Waals surface area contributed by atoms with Crippen LogP contribution in [0, 0.1) is 0 Å². The van der Waals surface area contributed by atoms with E-state index < -0.39 is 6.10 Å². The molecule has 0 aromatic heterocycles. The number of allylic oxidation sites excluding steroid dienone is 22. The first-order chi connectivity index (χ1) is 39.0. The maximum atomic E-state index is 12.9. The molecule has 0 aliphatic heterocycles. The van der Waals surface area contributed by atoms with Crippen LogP contribution in [0.5, 0.6) is 0 Å². The number of hydrogen-bond donors (Lipinski definition) is 0. The SMILES string of the molecule is CC/C=C\C/C=C\C/C=C\C/C=C\C/C=C\C/C=C\CCCCCCCCCCCCC(=O)OCC(COC(=O)CCCC/C=C\C/C=C\C/C=C\C/C=C\CC)OC(=O)CCCCCCCCC/C=C\CCCCCCCC. The van der Waals surface area contributed by atoms with Crippen molar-refractivity contribution in [2.75, 3.05) is 13.2 Å². The Morgan fingerprint density at radius 3 is 0.810 bits per heavy atom. The summed E-state index contributed by atoms with van der Waals surface area (Å²) in [5, 5.41) is 0. The molecule has 1 atom stereocenters. The zero-order valence-corrected chi connectivity index (χ0v) is 51.3. The van der Waals surface area contributed by atoms with Crippen LogP contribution in [-0.4, -0.2) is 37.2 Å². The molecule has 0 amide bonds. The van der Waals surface area contributed by atoms with Crippen molar-refractivity contribution in [3.63, 3.8) is 0 Å². The van der Waals surface area contributed by atoms with Crippen molar-refractivity contribution in [2.45, 2.75) is 297 Å². The summed E-state index contributed by atoms with van der Waals surface area (Å²) in [7, 11) is 0. The van der Waals surface area contributed by atoms with E-state index in [1.165, 1.54) is 128 Å². The first-order valence-electron chi connectivity index (χ1n) is 32.7. The van der Waals surface area contributed by atoms with E-state index in [0.29, 0.717) is 19.3 Å². The Balaban J connectivity index is 4.36. The Morgan fingerprint density at radius 1 is 0.266 bits per heavy atom. The fourth-order valence-corrected chi connectivity index (χ4v) is 8.79. The van der Waals surface area contributed by atoms with Crippen LogP contribution in [0.25, 0.3) is 0 Å². The molecular formula is C73H120O6. The summed E-state index contributed by atoms with van der Waals surface area (Å²) in [6, 6.07) is 0. The summed E-state index contributed by atoms with van der Waals surface area (Å²) in [6.45, 7) is 6.38. The Kier molecular flexibility index (Phi) is 62.3. The lowest BCUT2D eigenvalue weighted by Crippen LogP contribution is -2.30. The Bertz CT molecular complexity index is 1680. The van der Waals surface area contributed by atoms with Crippen LogP contribution in [0.4, 0.5) is 0 Å². The third kappa shape index (κ3) is 64.3. The standard InChI is InChI=1S/C73H120O6/c1-4-7-10-13-16-19-22-25-28-30-31-32-33-34-35-36-37-38-39-40-41-43-45-48-51-54-57-60-63-66-72(75)78-69-70(68-77-71(74)65-62-59-56-53-50-47-44-27-24-21-18-15-12-9-6-3)79-73(76)67-64-61-58-55-52-49-46-42-29-26-23-20-17-14-11-8-5-2/h7,9-10,12,16,18-19,21,25-29,31-32,34-35,37-38,44,50,53,70H,4-6,8,11,13-15,17,20,22-24,30,33,36,39-43,45-49,51-52,54-69H2,1-3H3/b10-7-,12-9-,19-16-,21-18-,28-25-,29-26-,32-31-,35-34-,38-37-,44-27-,53-50-. The molecule has 0 radical (unpaired) electrons. The second-order valence-electron chi connectivity index (χ2n) is 21.3. The number of hydrogen-bond acceptors (Lipinski definition) is 6. The molecule has 0 aliphatic carbocycles. The molecule has 0 aromatic carbocycles. The van der Waals surface area contributed by atoms with Gasteiger partial charge in [-0.1, -0.05) is 270 Å². The quantitative estimate of drug-likeness (QED) is 0.0261. The summed E-state index contributed by atoms with van der Waals surface area (Å²) >= 11 is 0. The summed E-state index contributed by atoms with van der Waals surface area (Å²) in [5.41, 5.74) is 0. The van der Waals surface area contributed by atoms with Gasteiger partial charge in [-0.3, -0.25) is 14.4 Å². The molecule has 0 aromatic rings. The van der Waals surface area contributed by atoms with Gasteiger partial charge in [0.2, 0.25) is 0 Å². The number of esters is 3. The molecule has 0 bridgehead atoms. The Labute approximate surface area is 487 Å². The van der Waals surface area contributed by atoms with Crippen molar-refractivity contribution in [1.29, 1.82) is 0 Å². The highest BCUT2D eigenvalue weighted by atomic mass is 16.6. The first-order valence-corrected chi connectivity index (χ1v) is 32.7. The number of carbonyl (C=O) groups excluding carboxylic acids is 3. The van der Waals surface area contributed by atoms with Gasteiger partial charge < -0.3 is 14.2 Å². The lowest BCUT2D eigenvalue weighted by atomic mass is 10.1. The van der Waals surface area contributed by atoms with Crippen molar-refractivity contribution in [2.24, 2.45) is 0 Å². The molecule has 0 aliphatic rings. The second-order valence-corrected chi connectivity index (χ2v) is 21.3. The zero-order chi connectivity index (χ0) is 57.1. The number of carbonyl (C=O) groups is 3. The van der Waals surface area contributed by atoms with E-state index in [4.69, 9.17) is 14.2 Å². The van der Waals surface area contributed by atoms with Crippen LogP contribution < -0.4 is 0 Å². The normalized spacial score (nSPS) is 13.0. The van der Waals surface area contributed by atoms with Crippen LogP contribution in [0.15, 0.2) is 134 Å². The van der Waals surface area contributed by atoms with Crippen molar-refractivity contribution in [3.05, 3.63) is 134 Å². The number of rotatable bonds is 58. The van der Waals surface area contributed by atoms with Crippen molar-refractivity contribution < 1.29 is 28.6 Å². The average Bonchev–Trinajstić information content (AvgIpc) is 3.45. The number of unbranched alkanes of at least 4 members (excludes halogenated alkanes) is 25. The first kappa shape index (κ1) is 74.5. The predicted octanol–water partition coefficient (Wildman–Crippen LogP) is 22.5. The maximum absolute atomic E-state index is 12.9. The third-order valence-electron chi connectivity index (χ3n) is 13.6. The minimum Gasteiger partial charge on any atom is -0.462 e. The minimum atomic E-state index is -0.804. The van der Waals surface area contributed by atoms with Crippen LogP contribution in [0.3, 0.4) is 0 Å². The van der Waals surface area contributed by atoms with Crippen LogP contribution in [0.1, 0.15) is 290 Å². The van der Waals surface area contributed by atoms with E-state index in [1.807, 2.05) is 0 Å². The highest BCUT2D eigenvalue weighted by Crippen LogP contribution is 2.15. The highest BCUT2D eigenvalue weighted by molar-refractivity contribution is 5.71. The lowest BCUT2D eigenvalue weighted by molar-refractivity contribution is -0.167. The zero-order valence-electron chi connectivity index (χ0n) is 51.3. The molecule has 0 rings (SSSR count). The van der Waals surface area contributed by atoms with E-state index in [0.717, 1.165) is 122 Å². The molecule has 6 heteroatoms. The van der Waals surface area contributed by atoms with Crippen LogP contribution in [-0.2, 0) is 28.6 Å². The summed E-state index contributed by atoms with van der Waals surface area (Å²) in [4.78, 5) is 38.3. The monoisotopic (exact) mass is 1090 g/mol. The molecule has 79 heavy (non-hydrogen) atoms. The Morgan fingerprint density at radius 2 is 0.494 bits per heavy atom. The molecule has 0 spiro atoms. The van der Waals surface area contributed by atoms with Crippen LogP contribution >= 0.6 is 0 Å². The highest BCUT2D eigenvalue weighted by Gasteiger charge is 2.19. The summed E-state index contributed by atoms with van der Waals surface area (Å²) < 4.78 is 16.9. The minimum absolute atomic E-state index is 0.0979. The molecule has 0 heterocycles. The molecule has 0 fully saturated rings. The fourth-order valence-electron chi connectivity index (χ4n) is 8.79. The average molecular weight is 1090 g/mol.